The van der Waals surface area contributed by atoms with Gasteiger partial charge in [-0.2, -0.15) is 0 Å². The van der Waals surface area contributed by atoms with E-state index < -0.39 is 11.9 Å². The molecule has 27 heavy (non-hydrogen) atoms. The van der Waals surface area contributed by atoms with E-state index in [1.807, 2.05) is 0 Å². The number of rotatable bonds is 8. The minimum atomic E-state index is -0.565. The molecule has 0 aromatic heterocycles. The largest absolute Gasteiger partial charge is 0.459 e. The van der Waals surface area contributed by atoms with Crippen molar-refractivity contribution in [2.75, 3.05) is 24.7 Å². The zero-order valence-corrected chi connectivity index (χ0v) is 14.6. The molecule has 0 saturated carbocycles. The van der Waals surface area contributed by atoms with Gasteiger partial charge in [0.1, 0.15) is 24.7 Å². The maximum absolute atomic E-state index is 11.6. The van der Waals surface area contributed by atoms with Crippen LogP contribution in [0.3, 0.4) is 0 Å². The van der Waals surface area contributed by atoms with Crippen LogP contribution in [0.5, 0.6) is 11.5 Å². The van der Waals surface area contributed by atoms with E-state index in [0.29, 0.717) is 22.9 Å². The van der Waals surface area contributed by atoms with Gasteiger partial charge in [0.25, 0.3) is 0 Å². The summed E-state index contributed by atoms with van der Waals surface area (Å²) in [5, 5.41) is 0. The summed E-state index contributed by atoms with van der Waals surface area (Å²) in [6.07, 6.45) is 3.92. The monoisotopic (exact) mass is 368 g/mol. The first-order valence-corrected chi connectivity index (χ1v) is 8.04. The van der Waals surface area contributed by atoms with Gasteiger partial charge >= 0.3 is 11.9 Å². The fourth-order valence-electron chi connectivity index (χ4n) is 2.04. The van der Waals surface area contributed by atoms with E-state index in [9.17, 15) is 9.59 Å². The lowest BCUT2D eigenvalue weighted by atomic mass is 10.2. The predicted molar refractivity (Wildman–Crippen MR) is 103 cm³/mol. The standard InChI is InChI=1S/C20H20N2O5/c1-2-19(23)25-9-10-26-20(24)8-5-14-3-6-17(7-4-14)27-18-12-15(21)11-16(22)13-18/h2-8,11-13H,1,9-10,21-22H2/b8-5+. The van der Waals surface area contributed by atoms with Crippen LogP contribution in [0.1, 0.15) is 5.56 Å². The average molecular weight is 368 g/mol. The number of hydrogen-bond acceptors (Lipinski definition) is 7. The van der Waals surface area contributed by atoms with E-state index in [1.165, 1.54) is 6.08 Å². The molecule has 0 aliphatic rings. The number of esters is 2. The number of nitrogen functional groups attached to an aromatic ring is 2. The molecule has 0 aliphatic carbocycles. The van der Waals surface area contributed by atoms with Gasteiger partial charge in [-0.15, -0.1) is 0 Å². The molecule has 2 aromatic carbocycles. The third kappa shape index (κ3) is 6.95. The van der Waals surface area contributed by atoms with E-state index >= 15 is 0 Å². The average Bonchev–Trinajstić information content (AvgIpc) is 2.63. The molecule has 7 nitrogen and oxygen atoms in total. The number of anilines is 2. The number of carbonyl (C=O) groups is 2. The molecule has 0 amide bonds. The van der Waals surface area contributed by atoms with E-state index in [0.717, 1.165) is 11.6 Å². The molecule has 0 unspecified atom stereocenters. The summed E-state index contributed by atoms with van der Waals surface area (Å²) >= 11 is 0. The zero-order valence-electron chi connectivity index (χ0n) is 14.6. The highest BCUT2D eigenvalue weighted by atomic mass is 16.6. The molecule has 0 saturated heterocycles. The second-order valence-electron chi connectivity index (χ2n) is 5.38. The fraction of sp³-hybridized carbons (Fsp3) is 0.100. The van der Waals surface area contributed by atoms with Gasteiger partial charge in [-0.3, -0.25) is 0 Å². The third-order valence-corrected chi connectivity index (χ3v) is 3.22. The lowest BCUT2D eigenvalue weighted by Gasteiger charge is -2.08. The van der Waals surface area contributed by atoms with Crippen LogP contribution in [0.25, 0.3) is 6.08 Å². The number of ether oxygens (including phenoxy) is 3. The van der Waals surface area contributed by atoms with E-state index in [2.05, 4.69) is 6.58 Å². The van der Waals surface area contributed by atoms with Crippen molar-refractivity contribution in [3.63, 3.8) is 0 Å². The molecule has 2 rings (SSSR count). The van der Waals surface area contributed by atoms with Gasteiger partial charge in [-0.25, -0.2) is 9.59 Å². The minimum absolute atomic E-state index is 0.0228. The van der Waals surface area contributed by atoms with E-state index in [1.54, 1.807) is 48.5 Å². The fourth-order valence-corrected chi connectivity index (χ4v) is 2.04. The number of nitrogens with two attached hydrogens (primary N) is 2. The maximum Gasteiger partial charge on any atom is 0.330 e. The topological polar surface area (TPSA) is 114 Å². The number of carbonyl (C=O) groups excluding carboxylic acids is 2. The summed E-state index contributed by atoms with van der Waals surface area (Å²) in [4.78, 5) is 22.4. The predicted octanol–water partition coefficient (Wildman–Crippen LogP) is 2.93. The second kappa shape index (κ2) is 9.67. The molecular formula is C20H20N2O5. The van der Waals surface area contributed by atoms with Crippen molar-refractivity contribution < 1.29 is 23.8 Å². The van der Waals surface area contributed by atoms with Gasteiger partial charge in [-0.1, -0.05) is 18.7 Å². The second-order valence-corrected chi connectivity index (χ2v) is 5.38. The summed E-state index contributed by atoms with van der Waals surface area (Å²) in [6, 6.07) is 12.0. The molecule has 7 heteroatoms. The summed E-state index contributed by atoms with van der Waals surface area (Å²) < 4.78 is 15.3. The molecule has 140 valence electrons. The Morgan fingerprint density at radius 2 is 1.48 bits per heavy atom. The van der Waals surface area contributed by atoms with Crippen molar-refractivity contribution in [2.45, 2.75) is 0 Å². The first-order valence-electron chi connectivity index (χ1n) is 8.04. The van der Waals surface area contributed by atoms with Crippen molar-refractivity contribution in [2.24, 2.45) is 0 Å². The molecule has 0 bridgehead atoms. The van der Waals surface area contributed by atoms with Crippen LogP contribution in [0, 0.1) is 0 Å². The van der Waals surface area contributed by atoms with Crippen LogP contribution >= 0.6 is 0 Å². The molecule has 4 N–H and O–H groups in total. The summed E-state index contributed by atoms with van der Waals surface area (Å²) in [5.41, 5.74) is 13.3. The van der Waals surface area contributed by atoms with Gasteiger partial charge in [0.15, 0.2) is 0 Å². The quantitative estimate of drug-likeness (QED) is 0.319. The number of benzene rings is 2. The van der Waals surface area contributed by atoms with Gasteiger partial charge in [-0.05, 0) is 29.8 Å². The van der Waals surface area contributed by atoms with Crippen LogP contribution in [0.15, 0.2) is 61.2 Å². The Morgan fingerprint density at radius 3 is 2.07 bits per heavy atom. The van der Waals surface area contributed by atoms with Crippen LogP contribution < -0.4 is 16.2 Å². The Bertz CT molecular complexity index is 824. The van der Waals surface area contributed by atoms with Crippen LogP contribution in [-0.2, 0) is 19.1 Å². The van der Waals surface area contributed by atoms with Crippen LogP contribution in [0.4, 0.5) is 11.4 Å². The molecule has 0 fully saturated rings. The van der Waals surface area contributed by atoms with Gasteiger partial charge < -0.3 is 25.7 Å². The highest BCUT2D eigenvalue weighted by Crippen LogP contribution is 2.26. The Hall–Kier alpha value is -3.74. The first kappa shape index (κ1) is 19.6. The highest BCUT2D eigenvalue weighted by Gasteiger charge is 2.02. The highest BCUT2D eigenvalue weighted by molar-refractivity contribution is 5.87. The zero-order chi connectivity index (χ0) is 19.6. The van der Waals surface area contributed by atoms with E-state index in [-0.39, 0.29) is 13.2 Å². The van der Waals surface area contributed by atoms with Crippen molar-refractivity contribution in [1.82, 2.24) is 0 Å². The van der Waals surface area contributed by atoms with Crippen molar-refractivity contribution in [1.29, 1.82) is 0 Å². The normalized spacial score (nSPS) is 10.4. The maximum atomic E-state index is 11.6. The van der Waals surface area contributed by atoms with Crippen molar-refractivity contribution >= 4 is 29.4 Å². The minimum Gasteiger partial charge on any atom is -0.459 e. The van der Waals surface area contributed by atoms with Crippen LogP contribution in [-0.4, -0.2) is 25.2 Å². The smallest absolute Gasteiger partial charge is 0.330 e. The number of hydrogen-bond donors (Lipinski definition) is 2. The van der Waals surface area contributed by atoms with Crippen LogP contribution in [0.2, 0.25) is 0 Å². The molecule has 0 radical (unpaired) electrons. The Morgan fingerprint density at radius 1 is 0.889 bits per heavy atom. The molecule has 0 spiro atoms. The Balaban J connectivity index is 1.83. The van der Waals surface area contributed by atoms with Gasteiger partial charge in [0, 0.05) is 35.7 Å². The molecule has 0 heterocycles. The SMILES string of the molecule is C=CC(=O)OCCOC(=O)/C=C/c1ccc(Oc2cc(N)cc(N)c2)cc1. The van der Waals surface area contributed by atoms with Crippen molar-refractivity contribution in [3.8, 4) is 11.5 Å². The van der Waals surface area contributed by atoms with Gasteiger partial charge in [0.05, 0.1) is 0 Å². The third-order valence-electron chi connectivity index (χ3n) is 3.22. The van der Waals surface area contributed by atoms with E-state index in [4.69, 9.17) is 25.7 Å². The Labute approximate surface area is 156 Å². The first-order chi connectivity index (χ1) is 13.0. The molecule has 0 aliphatic heterocycles. The molecule has 2 aromatic rings. The Kier molecular flexibility index (Phi) is 7.01. The molecule has 0 atom stereocenters. The molecular weight excluding hydrogens is 348 g/mol. The lowest BCUT2D eigenvalue weighted by molar-refractivity contribution is -0.145. The summed E-state index contributed by atoms with van der Waals surface area (Å²) in [7, 11) is 0. The summed E-state index contributed by atoms with van der Waals surface area (Å²) in [5.74, 6) is 0.0327. The summed E-state index contributed by atoms with van der Waals surface area (Å²) in [6.45, 7) is 3.21. The van der Waals surface area contributed by atoms with Gasteiger partial charge in [0.2, 0.25) is 0 Å². The van der Waals surface area contributed by atoms with Crippen molar-refractivity contribution in [3.05, 3.63) is 66.8 Å². The lowest BCUT2D eigenvalue weighted by Crippen LogP contribution is -2.11.